The van der Waals surface area contributed by atoms with Crippen LogP contribution in [0.4, 0.5) is 5.69 Å². The SMILES string of the molecule is Cc1ccc(NS(=O)(=O)CC(C)C(=O)N2CCCCCC2)cc1. The van der Waals surface area contributed by atoms with Crippen LogP contribution in [0.2, 0.25) is 0 Å². The second-order valence-electron chi connectivity index (χ2n) is 6.39. The zero-order valence-electron chi connectivity index (χ0n) is 13.9. The van der Waals surface area contributed by atoms with Crippen molar-refractivity contribution in [2.45, 2.75) is 39.5 Å². The van der Waals surface area contributed by atoms with E-state index in [1.807, 2.05) is 24.0 Å². The molecule has 1 aliphatic heterocycles. The molecular weight excluding hydrogens is 312 g/mol. The van der Waals surface area contributed by atoms with Crippen molar-refractivity contribution in [2.75, 3.05) is 23.6 Å². The van der Waals surface area contributed by atoms with Crippen molar-refractivity contribution < 1.29 is 13.2 Å². The molecule has 1 aromatic carbocycles. The van der Waals surface area contributed by atoms with Gasteiger partial charge in [-0.15, -0.1) is 0 Å². The summed E-state index contributed by atoms with van der Waals surface area (Å²) in [5.74, 6) is -0.770. The van der Waals surface area contributed by atoms with Crippen LogP contribution in [0.25, 0.3) is 0 Å². The largest absolute Gasteiger partial charge is 0.342 e. The number of aryl methyl sites for hydroxylation is 1. The smallest absolute Gasteiger partial charge is 0.233 e. The maximum absolute atomic E-state index is 12.5. The van der Waals surface area contributed by atoms with Gasteiger partial charge in [0.2, 0.25) is 15.9 Å². The van der Waals surface area contributed by atoms with Crippen LogP contribution in [-0.4, -0.2) is 38.1 Å². The summed E-state index contributed by atoms with van der Waals surface area (Å²) < 4.78 is 27.1. The van der Waals surface area contributed by atoms with Gasteiger partial charge < -0.3 is 4.90 Å². The van der Waals surface area contributed by atoms with E-state index in [0.29, 0.717) is 5.69 Å². The maximum Gasteiger partial charge on any atom is 0.233 e. The van der Waals surface area contributed by atoms with Crippen LogP contribution in [0.3, 0.4) is 0 Å². The summed E-state index contributed by atoms with van der Waals surface area (Å²) >= 11 is 0. The van der Waals surface area contributed by atoms with Gasteiger partial charge in [-0.05, 0) is 31.9 Å². The second-order valence-corrected chi connectivity index (χ2v) is 8.16. The van der Waals surface area contributed by atoms with Crippen LogP contribution < -0.4 is 4.72 Å². The van der Waals surface area contributed by atoms with Crippen LogP contribution in [-0.2, 0) is 14.8 Å². The molecular formula is C17H26N2O3S. The van der Waals surface area contributed by atoms with Crippen molar-refractivity contribution in [3.8, 4) is 0 Å². The van der Waals surface area contributed by atoms with Crippen molar-refractivity contribution >= 4 is 21.6 Å². The number of likely N-dealkylation sites (tertiary alicyclic amines) is 1. The fourth-order valence-electron chi connectivity index (χ4n) is 2.85. The number of nitrogens with one attached hydrogen (secondary N) is 1. The highest BCUT2D eigenvalue weighted by molar-refractivity contribution is 7.92. The normalized spacial score (nSPS) is 17.4. The Morgan fingerprint density at radius 2 is 1.70 bits per heavy atom. The number of anilines is 1. The number of benzene rings is 1. The first kappa shape index (κ1) is 17.8. The molecule has 23 heavy (non-hydrogen) atoms. The van der Waals surface area contributed by atoms with Crippen molar-refractivity contribution in [3.05, 3.63) is 29.8 Å². The van der Waals surface area contributed by atoms with E-state index in [1.54, 1.807) is 19.1 Å². The van der Waals surface area contributed by atoms with Crippen LogP contribution in [0.1, 0.15) is 38.2 Å². The molecule has 2 rings (SSSR count). The van der Waals surface area contributed by atoms with Crippen molar-refractivity contribution in [1.82, 2.24) is 4.90 Å². The van der Waals surface area contributed by atoms with E-state index < -0.39 is 15.9 Å². The van der Waals surface area contributed by atoms with E-state index in [4.69, 9.17) is 0 Å². The molecule has 1 aliphatic rings. The molecule has 1 heterocycles. The lowest BCUT2D eigenvalue weighted by atomic mass is 10.2. The molecule has 128 valence electrons. The zero-order valence-corrected chi connectivity index (χ0v) is 14.7. The highest BCUT2D eigenvalue weighted by atomic mass is 32.2. The Labute approximate surface area is 139 Å². The Morgan fingerprint density at radius 3 is 2.26 bits per heavy atom. The van der Waals surface area contributed by atoms with Crippen LogP contribution in [0.5, 0.6) is 0 Å². The molecule has 0 radical (unpaired) electrons. The number of carbonyl (C=O) groups is 1. The number of nitrogens with zero attached hydrogens (tertiary/aromatic N) is 1. The van der Waals surface area contributed by atoms with E-state index >= 15 is 0 Å². The van der Waals surface area contributed by atoms with Crippen LogP contribution in [0, 0.1) is 12.8 Å². The lowest BCUT2D eigenvalue weighted by molar-refractivity contribution is -0.134. The van der Waals surface area contributed by atoms with Gasteiger partial charge in [-0.2, -0.15) is 0 Å². The average molecular weight is 338 g/mol. The van der Waals surface area contributed by atoms with Crippen LogP contribution >= 0.6 is 0 Å². The van der Waals surface area contributed by atoms with Crippen molar-refractivity contribution in [2.24, 2.45) is 5.92 Å². The average Bonchev–Trinajstić information content (AvgIpc) is 2.77. The van der Waals surface area contributed by atoms with Gasteiger partial charge in [0.15, 0.2) is 0 Å². The Morgan fingerprint density at radius 1 is 1.13 bits per heavy atom. The Balaban J connectivity index is 1.95. The first-order chi connectivity index (χ1) is 10.9. The number of carbonyl (C=O) groups excluding carboxylic acids is 1. The van der Waals surface area contributed by atoms with E-state index in [1.165, 1.54) is 0 Å². The molecule has 1 saturated heterocycles. The Bertz CT molecular complexity index is 618. The van der Waals surface area contributed by atoms with Gasteiger partial charge in [0.05, 0.1) is 11.7 Å². The third-order valence-corrected chi connectivity index (χ3v) is 5.62. The topological polar surface area (TPSA) is 66.5 Å². The third-order valence-electron chi connectivity index (χ3n) is 4.13. The summed E-state index contributed by atoms with van der Waals surface area (Å²) in [6.45, 7) is 5.13. The summed E-state index contributed by atoms with van der Waals surface area (Å²) in [5, 5.41) is 0. The first-order valence-corrected chi connectivity index (χ1v) is 9.88. The Kier molecular flexibility index (Phi) is 6.04. The molecule has 1 atom stereocenters. The van der Waals surface area contributed by atoms with Gasteiger partial charge in [0.1, 0.15) is 0 Å². The fraction of sp³-hybridized carbons (Fsp3) is 0.588. The highest BCUT2D eigenvalue weighted by Crippen LogP contribution is 2.16. The molecule has 1 N–H and O–H groups in total. The molecule has 6 heteroatoms. The predicted octanol–water partition coefficient (Wildman–Crippen LogP) is 2.78. The minimum absolute atomic E-state index is 0.0545. The molecule has 0 aliphatic carbocycles. The quantitative estimate of drug-likeness (QED) is 0.898. The zero-order chi connectivity index (χ0) is 16.9. The summed E-state index contributed by atoms with van der Waals surface area (Å²) in [5.41, 5.74) is 1.60. The summed E-state index contributed by atoms with van der Waals surface area (Å²) in [6.07, 6.45) is 4.30. The minimum Gasteiger partial charge on any atom is -0.342 e. The fourth-order valence-corrected chi connectivity index (χ4v) is 4.23. The number of hydrogen-bond acceptors (Lipinski definition) is 3. The van der Waals surface area contributed by atoms with Crippen molar-refractivity contribution in [3.63, 3.8) is 0 Å². The van der Waals surface area contributed by atoms with E-state index in [9.17, 15) is 13.2 Å². The Hall–Kier alpha value is -1.56. The summed E-state index contributed by atoms with van der Waals surface area (Å²) in [7, 11) is -3.54. The van der Waals surface area contributed by atoms with Gasteiger partial charge >= 0.3 is 0 Å². The number of rotatable bonds is 5. The van der Waals surface area contributed by atoms with Gasteiger partial charge in [-0.3, -0.25) is 9.52 Å². The number of hydrogen-bond donors (Lipinski definition) is 1. The lowest BCUT2D eigenvalue weighted by Gasteiger charge is -2.24. The minimum atomic E-state index is -3.54. The molecule has 1 fully saturated rings. The number of amides is 1. The molecule has 0 aromatic heterocycles. The third kappa shape index (κ3) is 5.53. The molecule has 0 bridgehead atoms. The highest BCUT2D eigenvalue weighted by Gasteiger charge is 2.26. The first-order valence-electron chi connectivity index (χ1n) is 8.23. The molecule has 1 amide bonds. The summed E-state index contributed by atoms with van der Waals surface area (Å²) in [4.78, 5) is 14.3. The second kappa shape index (κ2) is 7.81. The van der Waals surface area contributed by atoms with E-state index in [-0.39, 0.29) is 11.7 Å². The molecule has 1 aromatic rings. The maximum atomic E-state index is 12.5. The molecule has 1 unspecified atom stereocenters. The van der Waals surface area contributed by atoms with Gasteiger partial charge in [-0.25, -0.2) is 8.42 Å². The molecule has 0 saturated carbocycles. The van der Waals surface area contributed by atoms with Crippen molar-refractivity contribution in [1.29, 1.82) is 0 Å². The van der Waals surface area contributed by atoms with Gasteiger partial charge in [-0.1, -0.05) is 37.5 Å². The number of sulfonamides is 1. The van der Waals surface area contributed by atoms with Crippen LogP contribution in [0.15, 0.2) is 24.3 Å². The van der Waals surface area contributed by atoms with E-state index in [0.717, 1.165) is 44.3 Å². The monoisotopic (exact) mass is 338 g/mol. The molecule has 0 spiro atoms. The standard InChI is InChI=1S/C17H26N2O3S/c1-14-7-9-16(10-8-14)18-23(21,22)13-15(2)17(20)19-11-5-3-4-6-12-19/h7-10,15,18H,3-6,11-13H2,1-2H3. The summed E-state index contributed by atoms with van der Waals surface area (Å²) in [6, 6.07) is 7.16. The van der Waals surface area contributed by atoms with E-state index in [2.05, 4.69) is 4.72 Å². The molecule has 5 nitrogen and oxygen atoms in total. The lowest BCUT2D eigenvalue weighted by Crippen LogP contribution is -2.39. The predicted molar refractivity (Wildman–Crippen MR) is 92.8 cm³/mol. The van der Waals surface area contributed by atoms with Gasteiger partial charge in [0.25, 0.3) is 0 Å². The van der Waals surface area contributed by atoms with Gasteiger partial charge in [0, 0.05) is 18.8 Å².